The van der Waals surface area contributed by atoms with Gasteiger partial charge in [0.15, 0.2) is 0 Å². The molecule has 0 spiro atoms. The molecule has 1 rings (SSSR count). The molecule has 0 aliphatic heterocycles. The molecule has 1 aromatic carbocycles. The van der Waals surface area contributed by atoms with Crippen molar-refractivity contribution in [3.63, 3.8) is 0 Å². The molecule has 0 bridgehead atoms. The number of nitro benzene ring substituents is 1. The molecule has 0 unspecified atom stereocenters. The molecule has 1 N–H and O–H groups in total. The second kappa shape index (κ2) is 5.87. The number of sulfone groups is 1. The van der Waals surface area contributed by atoms with Crippen molar-refractivity contribution in [2.24, 2.45) is 0 Å². The highest BCUT2D eigenvalue weighted by Crippen LogP contribution is 2.31. The number of benzene rings is 1. The van der Waals surface area contributed by atoms with Crippen LogP contribution in [0.1, 0.15) is 10.4 Å². The highest BCUT2D eigenvalue weighted by molar-refractivity contribution is 7.90. The fourth-order valence-corrected chi connectivity index (χ4v) is 2.27. The van der Waals surface area contributed by atoms with E-state index in [0.29, 0.717) is 0 Å². The van der Waals surface area contributed by atoms with Gasteiger partial charge in [-0.3, -0.25) is 10.1 Å². The van der Waals surface area contributed by atoms with Gasteiger partial charge < -0.3 is 10.0 Å². The summed E-state index contributed by atoms with van der Waals surface area (Å²) in [6.07, 6.45) is 1.04. The number of anilines is 1. The molecule has 0 saturated carbocycles. The van der Waals surface area contributed by atoms with Gasteiger partial charge in [-0.25, -0.2) is 13.2 Å². The van der Waals surface area contributed by atoms with Crippen LogP contribution in [0.15, 0.2) is 18.2 Å². The summed E-state index contributed by atoms with van der Waals surface area (Å²) in [4.78, 5) is 22.7. The molecular formula is C11H14N2O6S. The third-order valence-corrected chi connectivity index (χ3v) is 3.55. The lowest BCUT2D eigenvalue weighted by Crippen LogP contribution is -2.27. The van der Waals surface area contributed by atoms with E-state index in [2.05, 4.69) is 0 Å². The molecule has 8 nitrogen and oxygen atoms in total. The third kappa shape index (κ3) is 3.92. The summed E-state index contributed by atoms with van der Waals surface area (Å²) in [5.41, 5.74) is -0.718. The average Bonchev–Trinajstić information content (AvgIpc) is 2.33. The minimum Gasteiger partial charge on any atom is -0.478 e. The van der Waals surface area contributed by atoms with Crippen LogP contribution in [0, 0.1) is 10.1 Å². The Morgan fingerprint density at radius 2 is 2.05 bits per heavy atom. The molecule has 0 heterocycles. The SMILES string of the molecule is CN(CCS(C)(=O)=O)c1c(C(=O)O)cccc1[N+](=O)[O-]. The maximum absolute atomic E-state index is 11.1. The Labute approximate surface area is 115 Å². The van der Waals surface area contributed by atoms with Crippen LogP contribution in [0.3, 0.4) is 0 Å². The van der Waals surface area contributed by atoms with Gasteiger partial charge in [0.05, 0.1) is 16.2 Å². The van der Waals surface area contributed by atoms with Gasteiger partial charge in [-0.15, -0.1) is 0 Å². The zero-order valence-corrected chi connectivity index (χ0v) is 11.8. The second-order valence-corrected chi connectivity index (χ2v) is 6.55. The number of rotatable bonds is 6. The topological polar surface area (TPSA) is 118 Å². The first kappa shape index (κ1) is 15.9. The Morgan fingerprint density at radius 3 is 2.50 bits per heavy atom. The van der Waals surface area contributed by atoms with Crippen molar-refractivity contribution in [1.29, 1.82) is 0 Å². The number of carbonyl (C=O) groups is 1. The molecule has 0 amide bonds. The number of carboxylic acids is 1. The van der Waals surface area contributed by atoms with Crippen molar-refractivity contribution in [3.05, 3.63) is 33.9 Å². The standard InChI is InChI=1S/C11H14N2O6S/c1-12(6-7-20(2,18)19)10-8(11(14)15)4-3-5-9(10)13(16)17/h3-5H,6-7H2,1-2H3,(H,14,15). The Hall–Kier alpha value is -2.16. The van der Waals surface area contributed by atoms with Crippen molar-refractivity contribution >= 4 is 27.2 Å². The summed E-state index contributed by atoms with van der Waals surface area (Å²) < 4.78 is 22.3. The molecule has 1 aromatic rings. The van der Waals surface area contributed by atoms with E-state index in [1.165, 1.54) is 30.1 Å². The first-order valence-electron chi connectivity index (χ1n) is 5.53. The lowest BCUT2D eigenvalue weighted by Gasteiger charge is -2.20. The number of aromatic carboxylic acids is 1. The lowest BCUT2D eigenvalue weighted by molar-refractivity contribution is -0.384. The van der Waals surface area contributed by atoms with Gasteiger partial charge in [-0.1, -0.05) is 6.07 Å². The first-order valence-corrected chi connectivity index (χ1v) is 7.59. The van der Waals surface area contributed by atoms with E-state index < -0.39 is 20.7 Å². The van der Waals surface area contributed by atoms with Crippen molar-refractivity contribution in [1.82, 2.24) is 0 Å². The number of para-hydroxylation sites is 1. The van der Waals surface area contributed by atoms with E-state index in [4.69, 9.17) is 5.11 Å². The van der Waals surface area contributed by atoms with Crippen molar-refractivity contribution < 1.29 is 23.2 Å². The monoisotopic (exact) mass is 302 g/mol. The van der Waals surface area contributed by atoms with Gasteiger partial charge in [0.25, 0.3) is 5.69 Å². The quantitative estimate of drug-likeness (QED) is 0.609. The van der Waals surface area contributed by atoms with Crippen LogP contribution in [-0.4, -0.2) is 50.0 Å². The molecular weight excluding hydrogens is 288 g/mol. The van der Waals surface area contributed by atoms with Gasteiger partial charge in [0, 0.05) is 25.9 Å². The Bertz CT molecular complexity index is 608. The minimum absolute atomic E-state index is 0.0377. The smallest absolute Gasteiger partial charge is 0.338 e. The van der Waals surface area contributed by atoms with E-state index in [9.17, 15) is 23.3 Å². The molecule has 0 radical (unpaired) electrons. The van der Waals surface area contributed by atoms with Crippen LogP contribution in [0.25, 0.3) is 0 Å². The maximum atomic E-state index is 11.1. The zero-order valence-electron chi connectivity index (χ0n) is 10.9. The number of carboxylic acid groups (broad SMARTS) is 1. The van der Waals surface area contributed by atoms with Gasteiger partial charge in [-0.05, 0) is 6.07 Å². The van der Waals surface area contributed by atoms with E-state index in [1.54, 1.807) is 0 Å². The largest absolute Gasteiger partial charge is 0.478 e. The third-order valence-electron chi connectivity index (χ3n) is 2.62. The number of hydrogen-bond donors (Lipinski definition) is 1. The highest BCUT2D eigenvalue weighted by atomic mass is 32.2. The van der Waals surface area contributed by atoms with Crippen molar-refractivity contribution in [3.8, 4) is 0 Å². The normalized spacial score (nSPS) is 11.1. The molecule has 9 heteroatoms. The van der Waals surface area contributed by atoms with Crippen LogP contribution in [0.2, 0.25) is 0 Å². The molecule has 110 valence electrons. The second-order valence-electron chi connectivity index (χ2n) is 4.29. The molecule has 0 aromatic heterocycles. The van der Waals surface area contributed by atoms with E-state index in [0.717, 1.165) is 6.26 Å². The van der Waals surface area contributed by atoms with Crippen molar-refractivity contribution in [2.45, 2.75) is 0 Å². The zero-order chi connectivity index (χ0) is 15.5. The van der Waals surface area contributed by atoms with Crippen molar-refractivity contribution in [2.75, 3.05) is 30.5 Å². The Kier molecular flexibility index (Phi) is 4.66. The minimum atomic E-state index is -3.25. The molecule has 0 aliphatic carbocycles. The van der Waals surface area contributed by atoms with Crippen LogP contribution in [0.4, 0.5) is 11.4 Å². The van der Waals surface area contributed by atoms with Crippen LogP contribution < -0.4 is 4.90 Å². The first-order chi connectivity index (χ1) is 9.13. The van der Waals surface area contributed by atoms with E-state index >= 15 is 0 Å². The van der Waals surface area contributed by atoms with Crippen LogP contribution in [-0.2, 0) is 9.84 Å². The molecule has 0 atom stereocenters. The molecule has 0 fully saturated rings. The van der Waals surface area contributed by atoms with Gasteiger partial charge in [0.1, 0.15) is 15.5 Å². The number of nitro groups is 1. The van der Waals surface area contributed by atoms with Gasteiger partial charge >= 0.3 is 5.97 Å². The summed E-state index contributed by atoms with van der Waals surface area (Å²) >= 11 is 0. The fourth-order valence-electron chi connectivity index (χ4n) is 1.67. The summed E-state index contributed by atoms with van der Waals surface area (Å²) in [5, 5.41) is 20.1. The summed E-state index contributed by atoms with van der Waals surface area (Å²) in [6, 6.07) is 3.69. The lowest BCUT2D eigenvalue weighted by atomic mass is 10.1. The van der Waals surface area contributed by atoms with Gasteiger partial charge in [0.2, 0.25) is 0 Å². The molecule has 20 heavy (non-hydrogen) atoms. The predicted octanol–water partition coefficient (Wildman–Crippen LogP) is 0.774. The summed E-state index contributed by atoms with van der Waals surface area (Å²) in [5.74, 6) is -1.54. The Morgan fingerprint density at radius 1 is 1.45 bits per heavy atom. The van der Waals surface area contributed by atoms with Gasteiger partial charge in [-0.2, -0.15) is 0 Å². The van der Waals surface area contributed by atoms with Crippen LogP contribution in [0.5, 0.6) is 0 Å². The fraction of sp³-hybridized carbons (Fsp3) is 0.364. The Balaban J connectivity index is 3.25. The summed E-state index contributed by atoms with van der Waals surface area (Å²) in [7, 11) is -1.84. The maximum Gasteiger partial charge on any atom is 0.338 e. The highest BCUT2D eigenvalue weighted by Gasteiger charge is 2.24. The predicted molar refractivity (Wildman–Crippen MR) is 73.0 cm³/mol. The average molecular weight is 302 g/mol. The molecule has 0 aliphatic rings. The number of hydrogen-bond acceptors (Lipinski definition) is 6. The summed E-state index contributed by atoms with van der Waals surface area (Å²) in [6.45, 7) is -0.0377. The van der Waals surface area contributed by atoms with E-state index in [-0.39, 0.29) is 29.2 Å². The van der Waals surface area contributed by atoms with E-state index in [1.807, 2.05) is 0 Å². The number of nitrogens with zero attached hydrogens (tertiary/aromatic N) is 2. The van der Waals surface area contributed by atoms with Crippen LogP contribution >= 0.6 is 0 Å². The molecule has 0 saturated heterocycles.